The average Bonchev–Trinajstić information content (AvgIpc) is 2.37. The molecule has 0 atom stereocenters. The highest BCUT2D eigenvalue weighted by molar-refractivity contribution is 5.85. The lowest BCUT2D eigenvalue weighted by molar-refractivity contribution is -0.131. The van der Waals surface area contributed by atoms with E-state index in [0.717, 1.165) is 31.0 Å². The van der Waals surface area contributed by atoms with Gasteiger partial charge >= 0.3 is 5.97 Å². The van der Waals surface area contributed by atoms with Gasteiger partial charge in [-0.1, -0.05) is 6.07 Å². The summed E-state index contributed by atoms with van der Waals surface area (Å²) in [5.41, 5.74) is 1.47. The highest BCUT2D eigenvalue weighted by Crippen LogP contribution is 2.28. The lowest BCUT2D eigenvalue weighted by Gasteiger charge is -2.34. The second-order valence-electron chi connectivity index (χ2n) is 5.70. The lowest BCUT2D eigenvalue weighted by atomic mass is 9.82. The summed E-state index contributed by atoms with van der Waals surface area (Å²) in [4.78, 5) is 12.7. The van der Waals surface area contributed by atoms with Crippen LogP contribution in [-0.2, 0) is 11.3 Å². The molecule has 0 saturated heterocycles. The average molecular weight is 293 g/mol. The first-order valence-corrected chi connectivity index (χ1v) is 7.00. The summed E-state index contributed by atoms with van der Waals surface area (Å²) >= 11 is 0. The van der Waals surface area contributed by atoms with E-state index in [4.69, 9.17) is 5.11 Å². The second kappa shape index (κ2) is 6.83. The number of benzene rings is 1. The Hall–Kier alpha value is -1.72. The smallest absolute Gasteiger partial charge is 0.328 e. The first-order valence-electron chi connectivity index (χ1n) is 7.00. The van der Waals surface area contributed by atoms with Crippen molar-refractivity contribution in [2.45, 2.75) is 25.5 Å². The molecule has 1 fully saturated rings. The standard InChI is InChI=1S/C16H20FNO3/c1-18(9-11-6-15(19)7-11)10-13-2-4-14(17)8-12(13)3-5-16(20)21/h2-5,8,11,15,19H,6-7,9-10H2,1H3,(H,20,21). The van der Waals surface area contributed by atoms with Crippen molar-refractivity contribution in [1.82, 2.24) is 4.90 Å². The van der Waals surface area contributed by atoms with Crippen molar-refractivity contribution in [2.75, 3.05) is 13.6 Å². The van der Waals surface area contributed by atoms with E-state index in [1.165, 1.54) is 18.2 Å². The quantitative estimate of drug-likeness (QED) is 0.789. The molecule has 4 nitrogen and oxygen atoms in total. The Labute approximate surface area is 123 Å². The molecule has 0 amide bonds. The van der Waals surface area contributed by atoms with Gasteiger partial charge < -0.3 is 15.1 Å². The van der Waals surface area contributed by atoms with Gasteiger partial charge in [0.15, 0.2) is 0 Å². The van der Waals surface area contributed by atoms with Crippen LogP contribution in [0.2, 0.25) is 0 Å². The van der Waals surface area contributed by atoms with Crippen molar-refractivity contribution in [3.8, 4) is 0 Å². The van der Waals surface area contributed by atoms with Gasteiger partial charge in [-0.15, -0.1) is 0 Å². The number of hydrogen-bond acceptors (Lipinski definition) is 3. The molecule has 1 saturated carbocycles. The molecule has 0 radical (unpaired) electrons. The highest BCUT2D eigenvalue weighted by atomic mass is 19.1. The number of hydrogen-bond donors (Lipinski definition) is 2. The predicted molar refractivity (Wildman–Crippen MR) is 78.1 cm³/mol. The Morgan fingerprint density at radius 1 is 1.48 bits per heavy atom. The van der Waals surface area contributed by atoms with Crippen molar-refractivity contribution >= 4 is 12.0 Å². The fourth-order valence-corrected chi connectivity index (χ4v) is 2.67. The normalized spacial score (nSPS) is 21.7. The van der Waals surface area contributed by atoms with Gasteiger partial charge in [-0.2, -0.15) is 0 Å². The Morgan fingerprint density at radius 2 is 2.19 bits per heavy atom. The molecule has 2 rings (SSSR count). The largest absolute Gasteiger partial charge is 0.478 e. The summed E-state index contributed by atoms with van der Waals surface area (Å²) in [5, 5.41) is 18.0. The molecule has 0 spiro atoms. The maximum absolute atomic E-state index is 13.3. The number of nitrogens with zero attached hydrogens (tertiary/aromatic N) is 1. The van der Waals surface area contributed by atoms with Gasteiger partial charge in [-0.3, -0.25) is 0 Å². The van der Waals surface area contributed by atoms with Gasteiger partial charge in [0, 0.05) is 19.2 Å². The molecule has 21 heavy (non-hydrogen) atoms. The molecule has 1 aromatic rings. The van der Waals surface area contributed by atoms with Crippen LogP contribution in [0.15, 0.2) is 24.3 Å². The highest BCUT2D eigenvalue weighted by Gasteiger charge is 2.27. The summed E-state index contributed by atoms with van der Waals surface area (Å²) < 4.78 is 13.3. The molecule has 1 aromatic carbocycles. The van der Waals surface area contributed by atoms with Crippen LogP contribution in [0, 0.1) is 11.7 Å². The van der Waals surface area contributed by atoms with Gasteiger partial charge in [0.2, 0.25) is 0 Å². The summed E-state index contributed by atoms with van der Waals surface area (Å²) in [6.45, 7) is 1.49. The van der Waals surface area contributed by atoms with Crippen LogP contribution in [0.3, 0.4) is 0 Å². The zero-order chi connectivity index (χ0) is 15.4. The third kappa shape index (κ3) is 4.65. The summed E-state index contributed by atoms with van der Waals surface area (Å²) in [5.74, 6) is -0.931. The first-order chi connectivity index (χ1) is 9.94. The number of halogens is 1. The van der Waals surface area contributed by atoms with E-state index in [2.05, 4.69) is 4.90 Å². The maximum atomic E-state index is 13.3. The van der Waals surface area contributed by atoms with Gasteiger partial charge in [0.1, 0.15) is 5.82 Å². The minimum absolute atomic E-state index is 0.164. The lowest BCUT2D eigenvalue weighted by Crippen LogP contribution is -2.36. The second-order valence-corrected chi connectivity index (χ2v) is 5.70. The first kappa shape index (κ1) is 15.7. The molecule has 1 aliphatic rings. The van der Waals surface area contributed by atoms with Crippen molar-refractivity contribution in [1.29, 1.82) is 0 Å². The van der Waals surface area contributed by atoms with Crippen LogP contribution in [0.4, 0.5) is 4.39 Å². The topological polar surface area (TPSA) is 60.8 Å². The SMILES string of the molecule is CN(Cc1ccc(F)cc1C=CC(=O)O)CC1CC(O)C1. The van der Waals surface area contributed by atoms with Gasteiger partial charge in [0.25, 0.3) is 0 Å². The molecular formula is C16H20FNO3. The molecule has 0 unspecified atom stereocenters. The molecule has 0 aliphatic heterocycles. The van der Waals surface area contributed by atoms with Crippen molar-refractivity contribution in [2.24, 2.45) is 5.92 Å². The van der Waals surface area contributed by atoms with Gasteiger partial charge in [-0.25, -0.2) is 9.18 Å². The van der Waals surface area contributed by atoms with Crippen LogP contribution in [-0.4, -0.2) is 40.8 Å². The van der Waals surface area contributed by atoms with Gasteiger partial charge in [-0.05, 0) is 55.1 Å². The van der Waals surface area contributed by atoms with Crippen LogP contribution in [0.1, 0.15) is 24.0 Å². The summed E-state index contributed by atoms with van der Waals surface area (Å²) in [6, 6.07) is 4.41. The molecule has 0 bridgehead atoms. The minimum atomic E-state index is -1.05. The Bertz CT molecular complexity index is 538. The van der Waals surface area contributed by atoms with Crippen LogP contribution < -0.4 is 0 Å². The third-order valence-electron chi connectivity index (χ3n) is 3.73. The zero-order valence-corrected chi connectivity index (χ0v) is 12.0. The van der Waals surface area contributed by atoms with Crippen molar-refractivity contribution in [3.63, 3.8) is 0 Å². The Kier molecular flexibility index (Phi) is 5.09. The van der Waals surface area contributed by atoms with Gasteiger partial charge in [0.05, 0.1) is 6.10 Å². The number of carbonyl (C=O) groups is 1. The Morgan fingerprint density at radius 3 is 2.81 bits per heavy atom. The number of carboxylic acid groups (broad SMARTS) is 1. The number of rotatable bonds is 6. The molecule has 1 aliphatic carbocycles. The van der Waals surface area contributed by atoms with E-state index in [1.807, 2.05) is 7.05 Å². The third-order valence-corrected chi connectivity index (χ3v) is 3.73. The molecule has 5 heteroatoms. The van der Waals surface area contributed by atoms with E-state index in [1.54, 1.807) is 6.07 Å². The zero-order valence-electron chi connectivity index (χ0n) is 12.0. The van der Waals surface area contributed by atoms with E-state index in [-0.39, 0.29) is 11.9 Å². The Balaban J connectivity index is 2.02. The minimum Gasteiger partial charge on any atom is -0.478 e. The van der Waals surface area contributed by atoms with E-state index < -0.39 is 5.97 Å². The van der Waals surface area contributed by atoms with E-state index >= 15 is 0 Å². The molecule has 114 valence electrons. The summed E-state index contributed by atoms with van der Waals surface area (Å²) in [7, 11) is 1.97. The monoisotopic (exact) mass is 293 g/mol. The number of aliphatic hydroxyl groups excluding tert-OH is 1. The van der Waals surface area contributed by atoms with E-state index in [0.29, 0.717) is 18.0 Å². The van der Waals surface area contributed by atoms with Crippen molar-refractivity contribution < 1.29 is 19.4 Å². The van der Waals surface area contributed by atoms with E-state index in [9.17, 15) is 14.3 Å². The van der Waals surface area contributed by atoms with Crippen LogP contribution in [0.5, 0.6) is 0 Å². The number of aliphatic carboxylic acids is 1. The molecule has 2 N–H and O–H groups in total. The predicted octanol–water partition coefficient (Wildman–Crippen LogP) is 2.13. The molecule has 0 heterocycles. The van der Waals surface area contributed by atoms with Crippen LogP contribution >= 0.6 is 0 Å². The molecule has 0 aromatic heterocycles. The fourth-order valence-electron chi connectivity index (χ4n) is 2.67. The van der Waals surface area contributed by atoms with Crippen LogP contribution in [0.25, 0.3) is 6.08 Å². The molecular weight excluding hydrogens is 273 g/mol. The number of aliphatic hydroxyl groups is 1. The van der Waals surface area contributed by atoms with Crippen molar-refractivity contribution in [3.05, 3.63) is 41.2 Å². The summed E-state index contributed by atoms with van der Waals surface area (Å²) in [6.07, 6.45) is 3.93. The maximum Gasteiger partial charge on any atom is 0.328 e. The number of carboxylic acids is 1. The fraction of sp³-hybridized carbons (Fsp3) is 0.438.